The average molecular weight is 487 g/mol. The highest BCUT2D eigenvalue weighted by molar-refractivity contribution is 6.02. The van der Waals surface area contributed by atoms with Crippen LogP contribution in [0.3, 0.4) is 0 Å². The number of fused-ring (bicyclic) bond motifs is 2. The number of halogens is 4. The number of alkyl halides is 4. The summed E-state index contributed by atoms with van der Waals surface area (Å²) in [5, 5.41) is 10.6. The van der Waals surface area contributed by atoms with Gasteiger partial charge in [0.05, 0.1) is 17.3 Å². The molecule has 4 aromatic heterocycles. The van der Waals surface area contributed by atoms with Gasteiger partial charge in [0.25, 0.3) is 11.8 Å². The molecule has 0 atom stereocenters. The minimum atomic E-state index is -2.63. The van der Waals surface area contributed by atoms with Crippen molar-refractivity contribution < 1.29 is 22.4 Å². The Morgan fingerprint density at radius 2 is 1.91 bits per heavy atom. The molecular formula is C23H21F4N7O. The van der Waals surface area contributed by atoms with E-state index >= 15 is 0 Å². The maximum absolute atomic E-state index is 13.1. The SMILES string of the molecule is O=C(NCC1CC(F)(F)C1)c1cnn2ccc(-c3c[nH]c4nc(NC5CC(F)(F)C5)ncc34)cc12. The van der Waals surface area contributed by atoms with E-state index in [9.17, 15) is 22.4 Å². The van der Waals surface area contributed by atoms with Crippen LogP contribution in [0.5, 0.6) is 0 Å². The third kappa shape index (κ3) is 4.06. The Morgan fingerprint density at radius 3 is 2.66 bits per heavy atom. The molecule has 2 fully saturated rings. The summed E-state index contributed by atoms with van der Waals surface area (Å²) in [6.45, 7) is 0.195. The monoisotopic (exact) mass is 487 g/mol. The van der Waals surface area contributed by atoms with E-state index in [2.05, 4.69) is 30.7 Å². The first-order valence-corrected chi connectivity index (χ1v) is 11.3. The number of amides is 1. The molecule has 0 spiro atoms. The van der Waals surface area contributed by atoms with E-state index in [-0.39, 0.29) is 56.0 Å². The van der Waals surface area contributed by atoms with E-state index in [0.717, 1.165) is 16.5 Å². The number of carbonyl (C=O) groups excluding carboxylic acids is 1. The number of nitrogens with one attached hydrogen (secondary N) is 3. The maximum Gasteiger partial charge on any atom is 0.255 e. The molecule has 0 unspecified atom stereocenters. The Morgan fingerprint density at radius 1 is 1.14 bits per heavy atom. The molecule has 2 aliphatic carbocycles. The number of anilines is 1. The molecule has 4 aromatic rings. The maximum atomic E-state index is 13.1. The highest BCUT2D eigenvalue weighted by Crippen LogP contribution is 2.42. The highest BCUT2D eigenvalue weighted by Gasteiger charge is 2.46. The van der Waals surface area contributed by atoms with E-state index in [1.54, 1.807) is 23.1 Å². The highest BCUT2D eigenvalue weighted by atomic mass is 19.3. The summed E-state index contributed by atoms with van der Waals surface area (Å²) in [6, 6.07) is 3.29. The smallest absolute Gasteiger partial charge is 0.255 e. The normalized spacial score (nSPS) is 19.4. The van der Waals surface area contributed by atoms with Gasteiger partial charge in [-0.3, -0.25) is 4.79 Å². The Hall–Kier alpha value is -3.70. The summed E-state index contributed by atoms with van der Waals surface area (Å²) in [5.41, 5.74) is 3.05. The Labute approximate surface area is 196 Å². The fraction of sp³-hybridized carbons (Fsp3) is 0.391. The van der Waals surface area contributed by atoms with E-state index in [0.29, 0.717) is 16.7 Å². The van der Waals surface area contributed by atoms with Crippen molar-refractivity contribution >= 4 is 28.4 Å². The van der Waals surface area contributed by atoms with Gasteiger partial charge in [-0.05, 0) is 23.6 Å². The van der Waals surface area contributed by atoms with E-state index in [1.165, 1.54) is 6.20 Å². The van der Waals surface area contributed by atoms with Crippen LogP contribution in [0.2, 0.25) is 0 Å². The number of aromatic nitrogens is 5. The van der Waals surface area contributed by atoms with Crippen molar-refractivity contribution in [1.29, 1.82) is 0 Å². The van der Waals surface area contributed by atoms with Crippen LogP contribution in [0.15, 0.2) is 36.9 Å². The van der Waals surface area contributed by atoms with Crippen molar-refractivity contribution in [3.8, 4) is 11.1 Å². The first kappa shape index (κ1) is 21.8. The van der Waals surface area contributed by atoms with E-state index in [1.807, 2.05) is 12.1 Å². The predicted molar refractivity (Wildman–Crippen MR) is 120 cm³/mol. The molecule has 8 nitrogen and oxygen atoms in total. The fourth-order valence-electron chi connectivity index (χ4n) is 4.75. The second-order valence-corrected chi connectivity index (χ2v) is 9.41. The summed E-state index contributed by atoms with van der Waals surface area (Å²) in [7, 11) is 0. The molecule has 0 bridgehead atoms. The van der Waals surface area contributed by atoms with Crippen LogP contribution in [0.1, 0.15) is 36.0 Å². The molecule has 0 radical (unpaired) electrons. The molecule has 3 N–H and O–H groups in total. The molecule has 4 heterocycles. The standard InChI is InChI=1S/C23H21F4N7O/c24-22(25)4-12(5-22)8-29-20(35)17-11-31-34-2-1-13(3-18(17)34)15-9-28-19-16(15)10-30-21(33-19)32-14-6-23(26,27)7-14/h1-3,9-12,14H,4-8H2,(H,29,35)(H2,28,30,32,33). The Balaban J connectivity index is 1.22. The molecule has 1 amide bonds. The lowest BCUT2D eigenvalue weighted by molar-refractivity contribution is -0.108. The van der Waals surface area contributed by atoms with Crippen molar-refractivity contribution in [2.75, 3.05) is 11.9 Å². The Bertz CT molecular complexity index is 1430. The van der Waals surface area contributed by atoms with Crippen molar-refractivity contribution in [2.45, 2.75) is 43.6 Å². The lowest BCUT2D eigenvalue weighted by Gasteiger charge is -2.35. The molecule has 182 valence electrons. The number of aromatic amines is 1. The van der Waals surface area contributed by atoms with Crippen LogP contribution < -0.4 is 10.6 Å². The molecular weight excluding hydrogens is 466 g/mol. The van der Waals surface area contributed by atoms with Gasteiger partial charge in [0.15, 0.2) is 0 Å². The van der Waals surface area contributed by atoms with E-state index in [4.69, 9.17) is 0 Å². The van der Waals surface area contributed by atoms with Gasteiger partial charge in [-0.15, -0.1) is 0 Å². The largest absolute Gasteiger partial charge is 0.352 e. The second-order valence-electron chi connectivity index (χ2n) is 9.41. The van der Waals surface area contributed by atoms with Crippen LogP contribution in [0, 0.1) is 5.92 Å². The summed E-state index contributed by atoms with van der Waals surface area (Å²) in [4.78, 5) is 24.5. The predicted octanol–water partition coefficient (Wildman–Crippen LogP) is 4.26. The summed E-state index contributed by atoms with van der Waals surface area (Å²) < 4.78 is 53.8. The Kier molecular flexibility index (Phi) is 4.77. The van der Waals surface area contributed by atoms with Crippen molar-refractivity contribution in [2.24, 2.45) is 5.92 Å². The van der Waals surface area contributed by atoms with Crippen LogP contribution in [0.25, 0.3) is 27.7 Å². The van der Waals surface area contributed by atoms with Gasteiger partial charge in [0, 0.05) is 67.8 Å². The third-order valence-corrected chi connectivity index (χ3v) is 6.66. The average Bonchev–Trinajstić information content (AvgIpc) is 3.38. The van der Waals surface area contributed by atoms with Crippen LogP contribution in [-0.4, -0.2) is 54.9 Å². The topological polar surface area (TPSA) is 100 Å². The molecule has 0 saturated heterocycles. The van der Waals surface area contributed by atoms with E-state index < -0.39 is 11.8 Å². The van der Waals surface area contributed by atoms with Gasteiger partial charge >= 0.3 is 0 Å². The zero-order valence-corrected chi connectivity index (χ0v) is 18.4. The minimum absolute atomic E-state index is 0.195. The molecule has 0 aliphatic heterocycles. The number of hydrogen-bond acceptors (Lipinski definition) is 5. The molecule has 2 saturated carbocycles. The van der Waals surface area contributed by atoms with Gasteiger partial charge in [-0.2, -0.15) is 10.1 Å². The fourth-order valence-corrected chi connectivity index (χ4v) is 4.75. The van der Waals surface area contributed by atoms with Gasteiger partial charge in [0.1, 0.15) is 5.65 Å². The first-order chi connectivity index (χ1) is 16.7. The number of H-pyrrole nitrogens is 1. The molecule has 0 aromatic carbocycles. The van der Waals surface area contributed by atoms with Crippen molar-refractivity contribution in [1.82, 2.24) is 29.9 Å². The number of carbonyl (C=O) groups is 1. The van der Waals surface area contributed by atoms with Gasteiger partial charge in [-0.25, -0.2) is 27.1 Å². The number of pyridine rings is 1. The quantitative estimate of drug-likeness (QED) is 0.353. The number of nitrogens with zero attached hydrogens (tertiary/aromatic N) is 4. The van der Waals surface area contributed by atoms with Gasteiger partial charge < -0.3 is 15.6 Å². The minimum Gasteiger partial charge on any atom is -0.352 e. The van der Waals surface area contributed by atoms with Crippen LogP contribution in [0.4, 0.5) is 23.5 Å². The van der Waals surface area contributed by atoms with Gasteiger partial charge in [-0.1, -0.05) is 0 Å². The molecule has 12 heteroatoms. The molecule has 35 heavy (non-hydrogen) atoms. The van der Waals surface area contributed by atoms with Crippen LogP contribution in [-0.2, 0) is 0 Å². The number of rotatable bonds is 6. The van der Waals surface area contributed by atoms with Crippen molar-refractivity contribution in [3.63, 3.8) is 0 Å². The molecule has 2 aliphatic rings. The number of hydrogen-bond donors (Lipinski definition) is 3. The first-order valence-electron chi connectivity index (χ1n) is 11.3. The van der Waals surface area contributed by atoms with Crippen LogP contribution >= 0.6 is 0 Å². The lowest BCUT2D eigenvalue weighted by atomic mass is 9.81. The summed E-state index contributed by atoms with van der Waals surface area (Å²) in [5.74, 6) is -5.57. The summed E-state index contributed by atoms with van der Waals surface area (Å²) in [6.07, 6.45) is 5.66. The lowest BCUT2D eigenvalue weighted by Crippen LogP contribution is -2.44. The third-order valence-electron chi connectivity index (χ3n) is 6.66. The summed E-state index contributed by atoms with van der Waals surface area (Å²) >= 11 is 0. The zero-order chi connectivity index (χ0) is 24.4. The zero-order valence-electron chi connectivity index (χ0n) is 18.4. The second kappa shape index (κ2) is 7.65. The molecule has 6 rings (SSSR count). The van der Waals surface area contributed by atoms with Crippen molar-refractivity contribution in [3.05, 3.63) is 42.5 Å². The van der Waals surface area contributed by atoms with Gasteiger partial charge in [0.2, 0.25) is 11.9 Å².